The van der Waals surface area contributed by atoms with Gasteiger partial charge in [-0.25, -0.2) is 9.55 Å². The van der Waals surface area contributed by atoms with Gasteiger partial charge in [0.15, 0.2) is 17.2 Å². The lowest BCUT2D eigenvalue weighted by atomic mass is 9.13. The van der Waals surface area contributed by atoms with Crippen molar-refractivity contribution in [2.45, 2.75) is 54.8 Å². The molecule has 46 heavy (non-hydrogen) atoms. The third-order valence-electron chi connectivity index (χ3n) is 10.8. The van der Waals surface area contributed by atoms with Crippen LogP contribution in [0.4, 0.5) is 0 Å². The molecule has 0 atom stereocenters. The van der Waals surface area contributed by atoms with Gasteiger partial charge < -0.3 is 0 Å². The van der Waals surface area contributed by atoms with E-state index in [1.807, 2.05) is 6.33 Å². The molecule has 0 fully saturated rings. The number of hydrogen-bond acceptors (Lipinski definition) is 1. The average Bonchev–Trinajstić information content (AvgIpc) is 3.56. The maximum Gasteiger partial charge on any atom is 0.181 e. The van der Waals surface area contributed by atoms with Crippen molar-refractivity contribution in [3.05, 3.63) is 136 Å². The molecule has 0 spiro atoms. The zero-order chi connectivity index (χ0) is 32.1. The SMILES string of the molecule is Cc1cc(C)c([B-]2(c3c(C)cc(C)cc3C)Cc3cc(-n4cnc5ccccc54)c(C)cc3-n3c2[n+](C)c2ccccc23)c(C)c1. The first-order valence-electron chi connectivity index (χ1n) is 16.5. The summed E-state index contributed by atoms with van der Waals surface area (Å²) < 4.78 is 7.38. The molecule has 0 radical (unpaired) electrons. The van der Waals surface area contributed by atoms with Gasteiger partial charge in [-0.3, -0.25) is 9.13 Å². The summed E-state index contributed by atoms with van der Waals surface area (Å²) in [5, 5.41) is 0. The number of hydrogen-bond donors (Lipinski definition) is 0. The molecule has 5 aromatic carbocycles. The Kier molecular flexibility index (Phi) is 6.24. The zero-order valence-corrected chi connectivity index (χ0v) is 28.2. The Morgan fingerprint density at radius 1 is 0.630 bits per heavy atom. The van der Waals surface area contributed by atoms with Crippen LogP contribution in [-0.2, 0) is 13.4 Å². The van der Waals surface area contributed by atoms with Crippen LogP contribution in [0.25, 0.3) is 33.4 Å². The minimum absolute atomic E-state index is 0.912. The summed E-state index contributed by atoms with van der Waals surface area (Å²) in [4.78, 5) is 4.77. The van der Waals surface area contributed by atoms with Gasteiger partial charge in [-0.15, -0.1) is 6.32 Å². The molecule has 0 amide bonds. The fourth-order valence-electron chi connectivity index (χ4n) is 9.61. The van der Waals surface area contributed by atoms with Crippen molar-refractivity contribution < 1.29 is 4.57 Å². The van der Waals surface area contributed by atoms with Crippen molar-refractivity contribution in [1.82, 2.24) is 14.1 Å². The van der Waals surface area contributed by atoms with Gasteiger partial charge in [0.05, 0.1) is 29.5 Å². The second-order valence-electron chi connectivity index (χ2n) is 14.0. The molecule has 0 unspecified atom stereocenters. The molecule has 0 aliphatic carbocycles. The van der Waals surface area contributed by atoms with Crippen molar-refractivity contribution in [3.63, 3.8) is 0 Å². The third-order valence-corrected chi connectivity index (χ3v) is 10.8. The van der Waals surface area contributed by atoms with Crippen LogP contribution in [0.5, 0.6) is 0 Å². The van der Waals surface area contributed by atoms with E-state index in [0.29, 0.717) is 0 Å². The molecule has 3 heterocycles. The predicted molar refractivity (Wildman–Crippen MR) is 193 cm³/mol. The summed E-state index contributed by atoms with van der Waals surface area (Å²) in [6.07, 6.45) is 1.43. The molecule has 7 aromatic rings. The summed E-state index contributed by atoms with van der Waals surface area (Å²) in [6, 6.07) is 31.8. The number of benzene rings is 5. The molecule has 0 saturated heterocycles. The number of nitrogens with zero attached hydrogens (tertiary/aromatic N) is 4. The molecule has 1 aliphatic heterocycles. The van der Waals surface area contributed by atoms with Crippen LogP contribution in [0, 0.1) is 48.5 Å². The highest BCUT2D eigenvalue weighted by Gasteiger charge is 2.48. The molecule has 228 valence electrons. The van der Waals surface area contributed by atoms with E-state index < -0.39 is 6.15 Å². The minimum atomic E-state index is -1.47. The van der Waals surface area contributed by atoms with E-state index in [1.165, 1.54) is 83.6 Å². The second kappa shape index (κ2) is 10.1. The monoisotopic (exact) mass is 600 g/mol. The molecular weight excluding hydrogens is 559 g/mol. The van der Waals surface area contributed by atoms with Gasteiger partial charge in [-0.2, -0.15) is 10.9 Å². The van der Waals surface area contributed by atoms with E-state index in [9.17, 15) is 0 Å². The highest BCUT2D eigenvalue weighted by Crippen LogP contribution is 2.35. The maximum atomic E-state index is 4.77. The Morgan fingerprint density at radius 3 is 1.83 bits per heavy atom. The van der Waals surface area contributed by atoms with Gasteiger partial charge >= 0.3 is 0 Å². The smallest absolute Gasteiger partial charge is 0.181 e. The fourth-order valence-corrected chi connectivity index (χ4v) is 9.61. The number of rotatable bonds is 3. The van der Waals surface area contributed by atoms with E-state index in [1.54, 1.807) is 0 Å². The van der Waals surface area contributed by atoms with Crippen LogP contribution in [0.2, 0.25) is 0 Å². The molecule has 4 nitrogen and oxygen atoms in total. The summed E-state index contributed by atoms with van der Waals surface area (Å²) >= 11 is 0. The standard InChI is InChI=1S/C41H41BN4/c1-25-17-28(4)39(29(5)18-25)42(40-30(6)19-26(2)20-31(40)7)23-32-22-37(45-24-43-33-13-9-10-14-34(33)45)27(3)21-38(32)46-36-16-12-11-15-35(36)44(8)41(42)46/h9-22,24H,23H2,1-8H3. The van der Waals surface area contributed by atoms with E-state index in [0.717, 1.165) is 17.4 Å². The van der Waals surface area contributed by atoms with Gasteiger partial charge in [0, 0.05) is 0 Å². The topological polar surface area (TPSA) is 26.6 Å². The molecule has 8 rings (SSSR count). The molecule has 0 bridgehead atoms. The van der Waals surface area contributed by atoms with Gasteiger partial charge in [0.1, 0.15) is 12.0 Å². The van der Waals surface area contributed by atoms with Gasteiger partial charge in [0.2, 0.25) is 0 Å². The fraction of sp³-hybridized carbons (Fsp3) is 0.220. The van der Waals surface area contributed by atoms with Gasteiger partial charge in [-0.05, 0) is 96.0 Å². The molecule has 0 saturated carbocycles. The highest BCUT2D eigenvalue weighted by molar-refractivity contribution is 7.11. The third kappa shape index (κ3) is 3.87. The first-order chi connectivity index (χ1) is 22.1. The lowest BCUT2D eigenvalue weighted by Crippen LogP contribution is -2.80. The minimum Gasteiger partial charge on any atom is -0.299 e. The predicted octanol–water partition coefficient (Wildman–Crippen LogP) is 6.52. The lowest BCUT2D eigenvalue weighted by molar-refractivity contribution is -0.627. The Bertz CT molecular complexity index is 2280. The van der Waals surface area contributed by atoms with E-state index >= 15 is 0 Å². The summed E-state index contributed by atoms with van der Waals surface area (Å²) in [5.41, 5.74) is 22.1. The Balaban J connectivity index is 1.57. The van der Waals surface area contributed by atoms with Crippen molar-refractivity contribution >= 4 is 44.9 Å². The average molecular weight is 601 g/mol. The lowest BCUT2D eigenvalue weighted by Gasteiger charge is -2.46. The van der Waals surface area contributed by atoms with Gasteiger partial charge in [0.25, 0.3) is 0 Å². The Hall–Kier alpha value is -4.90. The molecule has 0 N–H and O–H groups in total. The van der Waals surface area contributed by atoms with Crippen molar-refractivity contribution in [1.29, 1.82) is 0 Å². The number of fused-ring (bicyclic) bond motifs is 6. The van der Waals surface area contributed by atoms with E-state index in [-0.39, 0.29) is 0 Å². The van der Waals surface area contributed by atoms with Crippen molar-refractivity contribution in [3.8, 4) is 11.4 Å². The van der Waals surface area contributed by atoms with Crippen LogP contribution >= 0.6 is 0 Å². The Labute approximate surface area is 271 Å². The largest absolute Gasteiger partial charge is 0.299 e. The number of para-hydroxylation sites is 4. The Morgan fingerprint density at radius 2 is 1.20 bits per heavy atom. The number of aromatic nitrogens is 4. The maximum absolute atomic E-state index is 4.77. The number of imidazole rings is 2. The molecular formula is C41H41BN4. The first kappa shape index (κ1) is 28.6. The highest BCUT2D eigenvalue weighted by atomic mass is 15.2. The van der Waals surface area contributed by atoms with Crippen molar-refractivity contribution in [2.24, 2.45) is 7.05 Å². The van der Waals surface area contributed by atoms with Crippen molar-refractivity contribution in [2.75, 3.05) is 0 Å². The van der Waals surface area contributed by atoms with E-state index in [4.69, 9.17) is 4.98 Å². The molecule has 2 aromatic heterocycles. The summed E-state index contributed by atoms with van der Waals surface area (Å²) in [6.45, 7) is 16.0. The second-order valence-corrected chi connectivity index (χ2v) is 14.0. The van der Waals surface area contributed by atoms with Crippen LogP contribution in [0.15, 0.2) is 91.3 Å². The zero-order valence-electron chi connectivity index (χ0n) is 28.2. The van der Waals surface area contributed by atoms with Crippen LogP contribution in [0.1, 0.15) is 44.5 Å². The van der Waals surface area contributed by atoms with Gasteiger partial charge in [-0.1, -0.05) is 81.9 Å². The summed E-state index contributed by atoms with van der Waals surface area (Å²) in [7, 11) is 2.28. The van der Waals surface area contributed by atoms with Crippen LogP contribution < -0.4 is 21.2 Å². The van der Waals surface area contributed by atoms with E-state index in [2.05, 4.69) is 154 Å². The summed E-state index contributed by atoms with van der Waals surface area (Å²) in [5.74, 6) is 0. The van der Waals surface area contributed by atoms with Crippen LogP contribution in [0.3, 0.4) is 0 Å². The normalized spacial score (nSPS) is 13.7. The number of aryl methyl sites for hydroxylation is 8. The first-order valence-corrected chi connectivity index (χ1v) is 16.5. The molecule has 1 aliphatic rings. The van der Waals surface area contributed by atoms with Crippen LogP contribution in [-0.4, -0.2) is 20.3 Å². The molecule has 5 heteroatoms. The quantitative estimate of drug-likeness (QED) is 0.168.